The summed E-state index contributed by atoms with van der Waals surface area (Å²) in [6.07, 6.45) is 8.25. The molecule has 5 rings (SSSR count). The number of imide groups is 1. The second-order valence-electron chi connectivity index (χ2n) is 7.01. The molecule has 3 fully saturated rings. The first-order chi connectivity index (χ1) is 11.1. The highest BCUT2D eigenvalue weighted by Crippen LogP contribution is 2.73. The molecule has 1 aromatic rings. The summed E-state index contributed by atoms with van der Waals surface area (Å²) < 4.78 is 0.940. The van der Waals surface area contributed by atoms with Crippen LogP contribution in [0, 0.1) is 29.1 Å². The third kappa shape index (κ3) is 1.69. The SMILES string of the molecule is O=C1[C@H]2[C@H](C(=O)N1/N=C\c1cccc(Br)c1)[C@H]1C=C[C@H]2C12CC2. The summed E-state index contributed by atoms with van der Waals surface area (Å²) in [6.45, 7) is 0. The van der Waals surface area contributed by atoms with E-state index in [2.05, 4.69) is 33.2 Å². The predicted molar refractivity (Wildman–Crippen MR) is 88.4 cm³/mol. The van der Waals surface area contributed by atoms with Crippen molar-refractivity contribution in [2.45, 2.75) is 12.8 Å². The molecule has 4 nitrogen and oxygen atoms in total. The lowest BCUT2D eigenvalue weighted by atomic mass is 9.85. The molecule has 0 N–H and O–H groups in total. The molecule has 0 unspecified atom stereocenters. The van der Waals surface area contributed by atoms with Crippen molar-refractivity contribution in [3.63, 3.8) is 0 Å². The molecule has 2 bridgehead atoms. The molecule has 5 heteroatoms. The maximum Gasteiger partial charge on any atom is 0.254 e. The maximum absolute atomic E-state index is 12.7. The van der Waals surface area contributed by atoms with Gasteiger partial charge in [0.05, 0.1) is 18.1 Å². The van der Waals surface area contributed by atoms with Crippen molar-refractivity contribution in [1.82, 2.24) is 5.01 Å². The van der Waals surface area contributed by atoms with E-state index in [4.69, 9.17) is 0 Å². The Morgan fingerprint density at radius 3 is 2.35 bits per heavy atom. The minimum absolute atomic E-state index is 0.116. The van der Waals surface area contributed by atoms with Gasteiger partial charge in [-0.05, 0) is 47.8 Å². The van der Waals surface area contributed by atoms with Crippen LogP contribution in [0.5, 0.6) is 0 Å². The summed E-state index contributed by atoms with van der Waals surface area (Å²) in [5.74, 6) is -0.0943. The van der Waals surface area contributed by atoms with Gasteiger partial charge in [-0.25, -0.2) is 0 Å². The fraction of sp³-hybridized carbons (Fsp3) is 0.389. The number of hydrazone groups is 1. The van der Waals surface area contributed by atoms with E-state index in [1.165, 1.54) is 0 Å². The monoisotopic (exact) mass is 370 g/mol. The fourth-order valence-corrected chi connectivity index (χ4v) is 5.30. The van der Waals surface area contributed by atoms with Crippen molar-refractivity contribution in [3.8, 4) is 0 Å². The van der Waals surface area contributed by atoms with Gasteiger partial charge in [-0.2, -0.15) is 10.1 Å². The number of halogens is 1. The van der Waals surface area contributed by atoms with Crippen LogP contribution in [0.3, 0.4) is 0 Å². The number of hydrogen-bond acceptors (Lipinski definition) is 3. The van der Waals surface area contributed by atoms with Gasteiger partial charge in [0.25, 0.3) is 11.8 Å². The zero-order valence-corrected chi connectivity index (χ0v) is 13.9. The molecule has 1 aliphatic heterocycles. The number of allylic oxidation sites excluding steroid dienone is 2. The summed E-state index contributed by atoms with van der Waals surface area (Å²) >= 11 is 3.40. The average Bonchev–Trinajstić information content (AvgIpc) is 3.13. The Morgan fingerprint density at radius 1 is 1.13 bits per heavy atom. The smallest absolute Gasteiger partial charge is 0.254 e. The van der Waals surface area contributed by atoms with Crippen LogP contribution < -0.4 is 0 Å². The van der Waals surface area contributed by atoms with E-state index in [9.17, 15) is 9.59 Å². The minimum atomic E-state index is -0.181. The van der Waals surface area contributed by atoms with Crippen LogP contribution in [0.25, 0.3) is 0 Å². The Kier molecular flexibility index (Phi) is 2.62. The van der Waals surface area contributed by atoms with Crippen LogP contribution in [0.15, 0.2) is 46.0 Å². The number of nitrogens with zero attached hydrogens (tertiary/aromatic N) is 2. The topological polar surface area (TPSA) is 49.7 Å². The first-order valence-electron chi connectivity index (χ1n) is 7.97. The summed E-state index contributed by atoms with van der Waals surface area (Å²) in [5, 5.41) is 5.31. The molecule has 0 aromatic heterocycles. The minimum Gasteiger partial charge on any atom is -0.272 e. The summed E-state index contributed by atoms with van der Waals surface area (Å²) in [4.78, 5) is 25.5. The van der Waals surface area contributed by atoms with Crippen LogP contribution in [0.1, 0.15) is 18.4 Å². The first kappa shape index (κ1) is 13.7. The molecular formula is C18H15BrN2O2. The molecule has 1 saturated heterocycles. The van der Waals surface area contributed by atoms with Crippen molar-refractivity contribution < 1.29 is 9.59 Å². The number of amides is 2. The van der Waals surface area contributed by atoms with E-state index >= 15 is 0 Å². The standard InChI is InChI=1S/C18H15BrN2O2/c19-11-3-1-2-10(8-11)9-20-21-16(22)14-12-4-5-13(15(14)17(21)23)18(12)6-7-18/h1-5,8-9,12-15H,6-7H2/b20-9-/t12-,13-,14-,15-/m1/s1. The van der Waals surface area contributed by atoms with Crippen molar-refractivity contribution in [2.24, 2.45) is 34.2 Å². The van der Waals surface area contributed by atoms with E-state index in [1.54, 1.807) is 6.21 Å². The van der Waals surface area contributed by atoms with Crippen LogP contribution in [0.4, 0.5) is 0 Å². The number of carbonyl (C=O) groups excluding carboxylic acids is 2. The normalized spacial score (nSPS) is 35.8. The lowest BCUT2D eigenvalue weighted by Crippen LogP contribution is -2.30. The summed E-state index contributed by atoms with van der Waals surface area (Å²) in [6, 6.07) is 7.62. The molecule has 1 spiro atoms. The molecule has 2 amide bonds. The van der Waals surface area contributed by atoms with Crippen LogP contribution in [-0.2, 0) is 9.59 Å². The maximum atomic E-state index is 12.7. The predicted octanol–water partition coefficient (Wildman–Crippen LogP) is 2.98. The van der Waals surface area contributed by atoms with Crippen molar-refractivity contribution in [1.29, 1.82) is 0 Å². The van der Waals surface area contributed by atoms with Gasteiger partial charge in [-0.15, -0.1) is 0 Å². The quantitative estimate of drug-likeness (QED) is 0.456. The highest BCUT2D eigenvalue weighted by molar-refractivity contribution is 9.10. The van der Waals surface area contributed by atoms with Gasteiger partial charge in [-0.1, -0.05) is 40.2 Å². The van der Waals surface area contributed by atoms with E-state index in [1.807, 2.05) is 24.3 Å². The van der Waals surface area contributed by atoms with Crippen LogP contribution >= 0.6 is 15.9 Å². The number of hydrogen-bond donors (Lipinski definition) is 0. The molecule has 1 heterocycles. The molecule has 0 radical (unpaired) electrons. The van der Waals surface area contributed by atoms with Crippen LogP contribution in [0.2, 0.25) is 0 Å². The molecule has 4 aliphatic rings. The number of fused-ring (bicyclic) bond motifs is 3. The Labute approximate surface area is 142 Å². The average molecular weight is 371 g/mol. The molecule has 4 atom stereocenters. The third-order valence-electron chi connectivity index (χ3n) is 6.00. The Hall–Kier alpha value is -1.75. The largest absolute Gasteiger partial charge is 0.272 e. The fourth-order valence-electron chi connectivity index (χ4n) is 4.89. The Bertz CT molecular complexity index is 762. The lowest BCUT2D eigenvalue weighted by Gasteiger charge is -2.18. The van der Waals surface area contributed by atoms with Crippen molar-refractivity contribution in [2.75, 3.05) is 0 Å². The molecule has 3 aliphatic carbocycles. The highest BCUT2D eigenvalue weighted by atomic mass is 79.9. The zero-order valence-electron chi connectivity index (χ0n) is 12.4. The highest BCUT2D eigenvalue weighted by Gasteiger charge is 2.73. The number of rotatable bonds is 2. The van der Waals surface area contributed by atoms with E-state index in [-0.39, 0.29) is 40.9 Å². The second kappa shape index (κ2) is 4.41. The van der Waals surface area contributed by atoms with Gasteiger partial charge in [0, 0.05) is 4.47 Å². The van der Waals surface area contributed by atoms with E-state index in [0.717, 1.165) is 27.9 Å². The first-order valence-corrected chi connectivity index (χ1v) is 8.77. The van der Waals surface area contributed by atoms with E-state index < -0.39 is 0 Å². The van der Waals surface area contributed by atoms with Crippen molar-refractivity contribution in [3.05, 3.63) is 46.5 Å². The molecule has 1 aromatic carbocycles. The molecule has 2 saturated carbocycles. The lowest BCUT2D eigenvalue weighted by molar-refractivity contribution is -0.141. The molecule has 23 heavy (non-hydrogen) atoms. The summed E-state index contributed by atoms with van der Waals surface area (Å²) in [7, 11) is 0. The molecular weight excluding hydrogens is 356 g/mol. The second-order valence-corrected chi connectivity index (χ2v) is 7.92. The zero-order chi connectivity index (χ0) is 15.8. The van der Waals surface area contributed by atoms with Gasteiger partial charge in [-0.3, -0.25) is 9.59 Å². The van der Waals surface area contributed by atoms with Gasteiger partial charge in [0.15, 0.2) is 0 Å². The number of benzene rings is 1. The van der Waals surface area contributed by atoms with Gasteiger partial charge < -0.3 is 0 Å². The van der Waals surface area contributed by atoms with Crippen molar-refractivity contribution >= 4 is 34.0 Å². The summed E-state index contributed by atoms with van der Waals surface area (Å²) in [5.41, 5.74) is 1.10. The van der Waals surface area contributed by atoms with Crippen LogP contribution in [-0.4, -0.2) is 23.0 Å². The van der Waals surface area contributed by atoms with Gasteiger partial charge in [0.1, 0.15) is 0 Å². The number of carbonyl (C=O) groups is 2. The third-order valence-corrected chi connectivity index (χ3v) is 6.49. The van der Waals surface area contributed by atoms with Gasteiger partial charge in [0.2, 0.25) is 0 Å². The van der Waals surface area contributed by atoms with E-state index in [0.29, 0.717) is 0 Å². The Morgan fingerprint density at radius 2 is 1.78 bits per heavy atom. The van der Waals surface area contributed by atoms with Gasteiger partial charge >= 0.3 is 0 Å². The molecule has 116 valence electrons. The Balaban J connectivity index is 1.44.